The molecule has 0 radical (unpaired) electrons. The first-order valence-electron chi connectivity index (χ1n) is 11.4. The lowest BCUT2D eigenvalue weighted by Crippen LogP contribution is -2.32. The monoisotopic (exact) mass is 463 g/mol. The minimum atomic E-state index is -0.572. The van der Waals surface area contributed by atoms with Crippen molar-refractivity contribution in [2.24, 2.45) is 5.41 Å². The maximum atomic E-state index is 12.2. The molecule has 0 aliphatic rings. The first-order chi connectivity index (χ1) is 16.3. The average molecular weight is 464 g/mol. The predicted octanol–water partition coefficient (Wildman–Crippen LogP) is 4.32. The molecule has 0 saturated carbocycles. The largest absolute Gasteiger partial charge is 0.464 e. The summed E-state index contributed by atoms with van der Waals surface area (Å²) in [7, 11) is 0. The number of hydrogen-bond acceptors (Lipinski definition) is 5. The number of aromatic amines is 1. The lowest BCUT2D eigenvalue weighted by Gasteiger charge is -2.24. The SMILES string of the molecule is CC(C)(C)C(=O)OCCN(CCc1c[nH]c2ccccc12)Cc1ccc(C=CC(=O)NO)cc1. The van der Waals surface area contributed by atoms with Gasteiger partial charge in [0.15, 0.2) is 0 Å². The van der Waals surface area contributed by atoms with E-state index in [1.807, 2.05) is 57.2 Å². The van der Waals surface area contributed by atoms with Crippen LogP contribution in [0.4, 0.5) is 0 Å². The third-order valence-electron chi connectivity index (χ3n) is 5.55. The number of benzene rings is 2. The minimum Gasteiger partial charge on any atom is -0.464 e. The molecule has 0 aliphatic carbocycles. The van der Waals surface area contributed by atoms with Gasteiger partial charge in [0.25, 0.3) is 5.91 Å². The molecule has 0 aliphatic heterocycles. The number of ether oxygens (including phenoxy) is 1. The van der Waals surface area contributed by atoms with Crippen LogP contribution in [0, 0.1) is 5.41 Å². The lowest BCUT2D eigenvalue weighted by molar-refractivity contribution is -0.153. The zero-order valence-corrected chi connectivity index (χ0v) is 20.0. The fraction of sp³-hybridized carbons (Fsp3) is 0.333. The van der Waals surface area contributed by atoms with Crippen molar-refractivity contribution in [3.05, 3.63) is 77.5 Å². The second kappa shape index (κ2) is 11.6. The van der Waals surface area contributed by atoms with Crippen molar-refractivity contribution in [1.82, 2.24) is 15.4 Å². The predicted molar refractivity (Wildman–Crippen MR) is 133 cm³/mol. The van der Waals surface area contributed by atoms with Crippen molar-refractivity contribution >= 4 is 28.9 Å². The zero-order chi connectivity index (χ0) is 24.6. The molecule has 0 atom stereocenters. The maximum absolute atomic E-state index is 12.2. The van der Waals surface area contributed by atoms with E-state index in [0.717, 1.165) is 29.6 Å². The van der Waals surface area contributed by atoms with Crippen LogP contribution < -0.4 is 5.48 Å². The molecule has 0 spiro atoms. The second-order valence-corrected chi connectivity index (χ2v) is 9.32. The topological polar surface area (TPSA) is 94.7 Å². The van der Waals surface area contributed by atoms with E-state index in [9.17, 15) is 9.59 Å². The molecule has 0 unspecified atom stereocenters. The van der Waals surface area contributed by atoms with Crippen LogP contribution in [-0.2, 0) is 27.3 Å². The molecule has 34 heavy (non-hydrogen) atoms. The molecule has 2 aromatic carbocycles. The fourth-order valence-corrected chi connectivity index (χ4v) is 3.57. The zero-order valence-electron chi connectivity index (χ0n) is 20.0. The molecule has 1 aromatic heterocycles. The highest BCUT2D eigenvalue weighted by Crippen LogP contribution is 2.19. The van der Waals surface area contributed by atoms with E-state index >= 15 is 0 Å². The van der Waals surface area contributed by atoms with Crippen LogP contribution in [0.2, 0.25) is 0 Å². The molecule has 3 rings (SSSR count). The summed E-state index contributed by atoms with van der Waals surface area (Å²) in [5.41, 5.74) is 5.41. The number of amides is 1. The summed E-state index contributed by atoms with van der Waals surface area (Å²) in [4.78, 5) is 28.9. The molecular formula is C27H33N3O4. The Labute approximate surface area is 200 Å². The molecule has 0 fully saturated rings. The van der Waals surface area contributed by atoms with Crippen molar-refractivity contribution in [3.8, 4) is 0 Å². The summed E-state index contributed by atoms with van der Waals surface area (Å²) < 4.78 is 5.51. The van der Waals surface area contributed by atoms with Gasteiger partial charge in [-0.05, 0) is 56.0 Å². The number of nitrogens with one attached hydrogen (secondary N) is 2. The maximum Gasteiger partial charge on any atom is 0.311 e. The van der Waals surface area contributed by atoms with E-state index < -0.39 is 11.3 Å². The van der Waals surface area contributed by atoms with Crippen molar-refractivity contribution in [2.45, 2.75) is 33.7 Å². The Hall–Kier alpha value is -3.42. The van der Waals surface area contributed by atoms with E-state index in [1.54, 1.807) is 11.6 Å². The normalized spacial score (nSPS) is 11.9. The number of hydroxylamine groups is 1. The van der Waals surface area contributed by atoms with Gasteiger partial charge in [-0.2, -0.15) is 0 Å². The molecule has 7 nitrogen and oxygen atoms in total. The highest BCUT2D eigenvalue weighted by Gasteiger charge is 2.23. The highest BCUT2D eigenvalue weighted by atomic mass is 16.5. The Kier molecular flexibility index (Phi) is 8.62. The van der Waals surface area contributed by atoms with Gasteiger partial charge >= 0.3 is 5.97 Å². The van der Waals surface area contributed by atoms with Gasteiger partial charge in [-0.3, -0.25) is 19.7 Å². The summed E-state index contributed by atoms with van der Waals surface area (Å²) in [6.07, 6.45) is 5.84. The Morgan fingerprint density at radius 2 is 1.82 bits per heavy atom. The summed E-state index contributed by atoms with van der Waals surface area (Å²) in [6, 6.07) is 16.1. The van der Waals surface area contributed by atoms with E-state index in [4.69, 9.17) is 9.94 Å². The Bertz CT molecular complexity index is 1130. The molecule has 0 saturated heterocycles. The van der Waals surface area contributed by atoms with Crippen molar-refractivity contribution in [2.75, 3.05) is 19.7 Å². The van der Waals surface area contributed by atoms with E-state index in [-0.39, 0.29) is 5.97 Å². The number of para-hydroxylation sites is 1. The van der Waals surface area contributed by atoms with Crippen LogP contribution >= 0.6 is 0 Å². The molecule has 7 heteroatoms. The summed E-state index contributed by atoms with van der Waals surface area (Å²) in [5, 5.41) is 9.82. The smallest absolute Gasteiger partial charge is 0.311 e. The average Bonchev–Trinajstić information content (AvgIpc) is 3.24. The van der Waals surface area contributed by atoms with Crippen LogP contribution in [0.15, 0.2) is 60.8 Å². The van der Waals surface area contributed by atoms with Gasteiger partial charge in [0.1, 0.15) is 6.61 Å². The second-order valence-electron chi connectivity index (χ2n) is 9.32. The van der Waals surface area contributed by atoms with Gasteiger partial charge in [0, 0.05) is 42.8 Å². The summed E-state index contributed by atoms with van der Waals surface area (Å²) >= 11 is 0. The number of hydrogen-bond donors (Lipinski definition) is 3. The molecule has 1 heterocycles. The molecule has 1 amide bonds. The van der Waals surface area contributed by atoms with Gasteiger partial charge in [-0.1, -0.05) is 42.5 Å². The number of rotatable bonds is 10. The van der Waals surface area contributed by atoms with Gasteiger partial charge in [0.05, 0.1) is 5.41 Å². The standard InChI is InChI=1S/C27H33N3O4/c1-27(2,3)26(32)34-17-16-30(15-14-22-18-28-24-7-5-4-6-23(22)24)19-21-10-8-20(9-11-21)12-13-25(31)29-33/h4-13,18,28,33H,14-17,19H2,1-3H3,(H,29,31). The van der Waals surface area contributed by atoms with Gasteiger partial charge in [-0.15, -0.1) is 0 Å². The minimum absolute atomic E-state index is 0.202. The number of fused-ring (bicyclic) bond motifs is 1. The van der Waals surface area contributed by atoms with Crippen LogP contribution in [0.5, 0.6) is 0 Å². The van der Waals surface area contributed by atoms with Crippen LogP contribution in [0.1, 0.15) is 37.5 Å². The number of esters is 1. The molecular weight excluding hydrogens is 430 g/mol. The van der Waals surface area contributed by atoms with E-state index in [0.29, 0.717) is 19.7 Å². The summed E-state index contributed by atoms with van der Waals surface area (Å²) in [5.74, 6) is -0.774. The summed E-state index contributed by atoms with van der Waals surface area (Å²) in [6.45, 7) is 8.03. The Balaban J connectivity index is 1.66. The number of carbonyl (C=O) groups is 2. The van der Waals surface area contributed by atoms with Gasteiger partial charge in [-0.25, -0.2) is 5.48 Å². The lowest BCUT2D eigenvalue weighted by atomic mass is 9.97. The third kappa shape index (κ3) is 7.30. The number of nitrogens with zero attached hydrogens (tertiary/aromatic N) is 1. The molecule has 3 N–H and O–H groups in total. The van der Waals surface area contributed by atoms with Crippen molar-refractivity contribution in [3.63, 3.8) is 0 Å². The Morgan fingerprint density at radius 1 is 1.09 bits per heavy atom. The quantitative estimate of drug-likeness (QED) is 0.180. The van der Waals surface area contributed by atoms with E-state index in [1.165, 1.54) is 17.0 Å². The van der Waals surface area contributed by atoms with Crippen LogP contribution in [0.3, 0.4) is 0 Å². The molecule has 180 valence electrons. The third-order valence-corrected chi connectivity index (χ3v) is 5.55. The van der Waals surface area contributed by atoms with Crippen LogP contribution in [-0.4, -0.2) is 46.7 Å². The van der Waals surface area contributed by atoms with Gasteiger partial charge < -0.3 is 9.72 Å². The van der Waals surface area contributed by atoms with Crippen molar-refractivity contribution < 1.29 is 19.5 Å². The molecule has 0 bridgehead atoms. The first-order valence-corrected chi connectivity index (χ1v) is 11.4. The molecule has 3 aromatic rings. The van der Waals surface area contributed by atoms with Crippen molar-refractivity contribution in [1.29, 1.82) is 0 Å². The number of H-pyrrole nitrogens is 1. The van der Waals surface area contributed by atoms with Crippen LogP contribution in [0.25, 0.3) is 17.0 Å². The van der Waals surface area contributed by atoms with E-state index in [2.05, 4.69) is 28.2 Å². The number of carbonyl (C=O) groups excluding carboxylic acids is 2. The number of aromatic nitrogens is 1. The first kappa shape index (κ1) is 25.2. The van der Waals surface area contributed by atoms with Gasteiger partial charge in [0.2, 0.25) is 0 Å². The highest BCUT2D eigenvalue weighted by molar-refractivity contribution is 5.90. The fourth-order valence-electron chi connectivity index (χ4n) is 3.57. The Morgan fingerprint density at radius 3 is 2.53 bits per heavy atom.